The van der Waals surface area contributed by atoms with Crippen LogP contribution in [0.2, 0.25) is 0 Å². The highest BCUT2D eigenvalue weighted by Crippen LogP contribution is 2.37. The van der Waals surface area contributed by atoms with Crippen molar-refractivity contribution in [1.82, 2.24) is 10.1 Å². The Kier molecular flexibility index (Phi) is 3.28. The predicted molar refractivity (Wildman–Crippen MR) is 82.0 cm³/mol. The van der Waals surface area contributed by atoms with Gasteiger partial charge in [0, 0.05) is 22.4 Å². The Hall–Kier alpha value is -2.14. The van der Waals surface area contributed by atoms with E-state index < -0.39 is 0 Å². The molecule has 1 aromatic carbocycles. The number of nitrogen functional groups attached to an aromatic ring is 1. The topological polar surface area (TPSA) is 64.9 Å². The van der Waals surface area contributed by atoms with Gasteiger partial charge in [0.15, 0.2) is 11.6 Å². The minimum Gasteiger partial charge on any atom is -0.380 e. The van der Waals surface area contributed by atoms with Gasteiger partial charge in [-0.2, -0.15) is 0 Å². The van der Waals surface area contributed by atoms with E-state index in [9.17, 15) is 0 Å². The maximum absolute atomic E-state index is 5.95. The molecule has 3 rings (SSSR count). The third-order valence-electron chi connectivity index (χ3n) is 2.99. The highest BCUT2D eigenvalue weighted by molar-refractivity contribution is 9.10. The van der Waals surface area contributed by atoms with Crippen molar-refractivity contribution in [1.29, 1.82) is 0 Å². The van der Waals surface area contributed by atoms with Crippen molar-refractivity contribution in [3.63, 3.8) is 0 Å². The van der Waals surface area contributed by atoms with Crippen molar-refractivity contribution in [2.24, 2.45) is 0 Å². The summed E-state index contributed by atoms with van der Waals surface area (Å²) in [4.78, 5) is 4.02. The van der Waals surface area contributed by atoms with E-state index in [0.29, 0.717) is 11.6 Å². The SMILES string of the molecule is Cc1cc(Br)cc(-c2onc(N)c2-c2ccncc2)c1. The highest BCUT2D eigenvalue weighted by atomic mass is 79.9. The van der Waals surface area contributed by atoms with Crippen LogP contribution in [-0.2, 0) is 0 Å². The number of aryl methyl sites for hydroxylation is 1. The smallest absolute Gasteiger partial charge is 0.176 e. The van der Waals surface area contributed by atoms with Crippen molar-refractivity contribution in [3.8, 4) is 22.5 Å². The molecule has 100 valence electrons. The Morgan fingerprint density at radius 2 is 1.85 bits per heavy atom. The van der Waals surface area contributed by atoms with E-state index in [1.807, 2.05) is 37.3 Å². The second kappa shape index (κ2) is 5.09. The molecule has 0 aliphatic rings. The fraction of sp³-hybridized carbons (Fsp3) is 0.0667. The zero-order valence-electron chi connectivity index (χ0n) is 10.8. The van der Waals surface area contributed by atoms with Crippen LogP contribution in [0.4, 0.5) is 5.82 Å². The molecule has 3 aromatic rings. The second-order valence-electron chi connectivity index (χ2n) is 4.53. The van der Waals surface area contributed by atoms with Crippen molar-refractivity contribution in [2.45, 2.75) is 6.92 Å². The first kappa shape index (κ1) is 12.9. The van der Waals surface area contributed by atoms with Gasteiger partial charge in [-0.25, -0.2) is 0 Å². The molecule has 0 unspecified atom stereocenters. The maximum atomic E-state index is 5.95. The Morgan fingerprint density at radius 1 is 1.10 bits per heavy atom. The van der Waals surface area contributed by atoms with Gasteiger partial charge in [-0.1, -0.05) is 21.1 Å². The van der Waals surface area contributed by atoms with Gasteiger partial charge in [0.25, 0.3) is 0 Å². The summed E-state index contributed by atoms with van der Waals surface area (Å²) in [6.45, 7) is 2.03. The van der Waals surface area contributed by atoms with Gasteiger partial charge in [0.05, 0.1) is 5.56 Å². The quantitative estimate of drug-likeness (QED) is 0.770. The van der Waals surface area contributed by atoms with E-state index in [0.717, 1.165) is 26.7 Å². The normalized spacial score (nSPS) is 10.7. The molecule has 0 saturated heterocycles. The molecular formula is C15H12BrN3O. The van der Waals surface area contributed by atoms with Gasteiger partial charge in [-0.05, 0) is 48.4 Å². The number of aromatic nitrogens is 2. The summed E-state index contributed by atoms with van der Waals surface area (Å²) in [5.74, 6) is 1.04. The minimum absolute atomic E-state index is 0.379. The van der Waals surface area contributed by atoms with Gasteiger partial charge < -0.3 is 10.3 Å². The number of halogens is 1. The summed E-state index contributed by atoms with van der Waals surface area (Å²) in [6.07, 6.45) is 3.44. The van der Waals surface area contributed by atoms with Crippen LogP contribution in [0.25, 0.3) is 22.5 Å². The zero-order valence-corrected chi connectivity index (χ0v) is 12.4. The Balaban J connectivity index is 2.21. The monoisotopic (exact) mass is 329 g/mol. The van der Waals surface area contributed by atoms with E-state index >= 15 is 0 Å². The van der Waals surface area contributed by atoms with Crippen LogP contribution in [0.1, 0.15) is 5.56 Å². The van der Waals surface area contributed by atoms with E-state index in [-0.39, 0.29) is 0 Å². The number of nitrogens with zero attached hydrogens (tertiary/aromatic N) is 2. The molecule has 0 atom stereocenters. The molecular weight excluding hydrogens is 318 g/mol. The molecule has 0 radical (unpaired) electrons. The molecule has 0 fully saturated rings. The average Bonchev–Trinajstić information content (AvgIpc) is 2.80. The summed E-state index contributed by atoms with van der Waals surface area (Å²) >= 11 is 3.49. The third-order valence-corrected chi connectivity index (χ3v) is 3.45. The molecule has 0 saturated carbocycles. The van der Waals surface area contributed by atoms with Crippen LogP contribution >= 0.6 is 15.9 Å². The molecule has 2 N–H and O–H groups in total. The summed E-state index contributed by atoms with van der Waals surface area (Å²) in [5, 5.41) is 3.90. The lowest BCUT2D eigenvalue weighted by Gasteiger charge is -2.04. The van der Waals surface area contributed by atoms with E-state index in [4.69, 9.17) is 10.3 Å². The van der Waals surface area contributed by atoms with Crippen LogP contribution in [0.15, 0.2) is 51.7 Å². The summed E-state index contributed by atoms with van der Waals surface area (Å²) in [5.41, 5.74) is 9.75. The minimum atomic E-state index is 0.379. The lowest BCUT2D eigenvalue weighted by atomic mass is 10.0. The Morgan fingerprint density at radius 3 is 2.55 bits per heavy atom. The summed E-state index contributed by atoms with van der Waals surface area (Å²) in [7, 11) is 0. The molecule has 2 heterocycles. The van der Waals surface area contributed by atoms with E-state index in [2.05, 4.69) is 26.1 Å². The maximum Gasteiger partial charge on any atom is 0.176 e. The van der Waals surface area contributed by atoms with Gasteiger partial charge in [-0.15, -0.1) is 0 Å². The lowest BCUT2D eigenvalue weighted by Crippen LogP contribution is -1.89. The molecule has 0 aliphatic carbocycles. The second-order valence-corrected chi connectivity index (χ2v) is 5.44. The molecule has 4 nitrogen and oxygen atoms in total. The van der Waals surface area contributed by atoms with Gasteiger partial charge in [0.1, 0.15) is 0 Å². The van der Waals surface area contributed by atoms with Gasteiger partial charge in [-0.3, -0.25) is 4.98 Å². The molecule has 0 aliphatic heterocycles. The number of rotatable bonds is 2. The van der Waals surface area contributed by atoms with Crippen LogP contribution in [0, 0.1) is 6.92 Å². The number of hydrogen-bond donors (Lipinski definition) is 1. The standard InChI is InChI=1S/C15H12BrN3O/c1-9-6-11(8-12(16)7-9)14-13(15(17)19-20-14)10-2-4-18-5-3-10/h2-8H,1H3,(H2,17,19). The number of benzene rings is 1. The van der Waals surface area contributed by atoms with Crippen LogP contribution in [-0.4, -0.2) is 10.1 Å². The third kappa shape index (κ3) is 2.32. The first-order chi connectivity index (χ1) is 9.65. The van der Waals surface area contributed by atoms with Crippen molar-refractivity contribution in [3.05, 3.63) is 52.8 Å². The Bertz CT molecular complexity index is 733. The van der Waals surface area contributed by atoms with Crippen LogP contribution < -0.4 is 5.73 Å². The summed E-state index contributed by atoms with van der Waals surface area (Å²) < 4.78 is 6.42. The van der Waals surface area contributed by atoms with Crippen molar-refractivity contribution >= 4 is 21.7 Å². The number of pyridine rings is 1. The van der Waals surface area contributed by atoms with E-state index in [1.165, 1.54) is 0 Å². The molecule has 2 aromatic heterocycles. The first-order valence-corrected chi connectivity index (χ1v) is 6.87. The molecule has 0 spiro atoms. The lowest BCUT2D eigenvalue weighted by molar-refractivity contribution is 0.436. The van der Waals surface area contributed by atoms with Gasteiger partial charge >= 0.3 is 0 Å². The highest BCUT2D eigenvalue weighted by Gasteiger charge is 2.18. The number of anilines is 1. The molecule has 20 heavy (non-hydrogen) atoms. The number of nitrogens with two attached hydrogens (primary N) is 1. The van der Waals surface area contributed by atoms with Crippen LogP contribution in [0.5, 0.6) is 0 Å². The van der Waals surface area contributed by atoms with Crippen molar-refractivity contribution in [2.75, 3.05) is 5.73 Å². The first-order valence-electron chi connectivity index (χ1n) is 6.08. The van der Waals surface area contributed by atoms with Gasteiger partial charge in [0.2, 0.25) is 0 Å². The largest absolute Gasteiger partial charge is 0.380 e. The van der Waals surface area contributed by atoms with Crippen molar-refractivity contribution < 1.29 is 4.52 Å². The Labute approximate surface area is 124 Å². The number of hydrogen-bond acceptors (Lipinski definition) is 4. The zero-order chi connectivity index (χ0) is 14.1. The molecule has 0 bridgehead atoms. The van der Waals surface area contributed by atoms with Crippen LogP contribution in [0.3, 0.4) is 0 Å². The average molecular weight is 330 g/mol. The fourth-order valence-corrected chi connectivity index (χ4v) is 2.77. The van der Waals surface area contributed by atoms with E-state index in [1.54, 1.807) is 12.4 Å². The molecule has 0 amide bonds. The summed E-state index contributed by atoms with van der Waals surface area (Å²) in [6, 6.07) is 9.83. The molecule has 5 heteroatoms. The fourth-order valence-electron chi connectivity index (χ4n) is 2.16. The predicted octanol–water partition coefficient (Wildman–Crippen LogP) is 4.06.